The standard InChI is InChI=1S/C19H29N3O/c1-3-4-14-22(2)18-11-10-17(15-21-18)19(23)20-13-12-16-8-6-5-7-9-16/h8,10-11,15H,3-7,9,12-14H2,1-2H3,(H,20,23). The fourth-order valence-corrected chi connectivity index (χ4v) is 2.83. The van der Waals surface area contributed by atoms with Gasteiger partial charge in [0.25, 0.3) is 5.91 Å². The van der Waals surface area contributed by atoms with Crippen molar-refractivity contribution in [2.45, 2.75) is 51.9 Å². The van der Waals surface area contributed by atoms with Crippen LogP contribution in [0.25, 0.3) is 0 Å². The van der Waals surface area contributed by atoms with E-state index in [9.17, 15) is 4.79 Å². The molecule has 0 spiro atoms. The minimum absolute atomic E-state index is 0.0309. The van der Waals surface area contributed by atoms with Crippen molar-refractivity contribution >= 4 is 11.7 Å². The fraction of sp³-hybridized carbons (Fsp3) is 0.579. The Balaban J connectivity index is 1.79. The van der Waals surface area contributed by atoms with Gasteiger partial charge in [-0.3, -0.25) is 4.79 Å². The summed E-state index contributed by atoms with van der Waals surface area (Å²) in [5, 5.41) is 3.00. The summed E-state index contributed by atoms with van der Waals surface area (Å²) in [5.74, 6) is 0.888. The van der Waals surface area contributed by atoms with Gasteiger partial charge in [0.1, 0.15) is 5.82 Å². The minimum atomic E-state index is -0.0309. The highest BCUT2D eigenvalue weighted by Gasteiger charge is 2.09. The lowest BCUT2D eigenvalue weighted by Crippen LogP contribution is -2.25. The molecule has 0 unspecified atom stereocenters. The molecule has 0 atom stereocenters. The third kappa shape index (κ3) is 5.70. The molecule has 0 aliphatic heterocycles. The number of hydrogen-bond acceptors (Lipinski definition) is 3. The molecule has 23 heavy (non-hydrogen) atoms. The van der Waals surface area contributed by atoms with Gasteiger partial charge < -0.3 is 10.2 Å². The molecule has 1 aromatic rings. The van der Waals surface area contributed by atoms with Gasteiger partial charge in [-0.2, -0.15) is 0 Å². The highest BCUT2D eigenvalue weighted by molar-refractivity contribution is 5.94. The lowest BCUT2D eigenvalue weighted by atomic mass is 9.97. The van der Waals surface area contributed by atoms with Crippen LogP contribution in [0.4, 0.5) is 5.82 Å². The number of nitrogens with zero attached hydrogens (tertiary/aromatic N) is 2. The minimum Gasteiger partial charge on any atom is -0.360 e. The van der Waals surface area contributed by atoms with Gasteiger partial charge >= 0.3 is 0 Å². The summed E-state index contributed by atoms with van der Waals surface area (Å²) in [6.07, 6.45) is 12.3. The second kappa shape index (κ2) is 9.33. The van der Waals surface area contributed by atoms with E-state index in [1.807, 2.05) is 19.2 Å². The van der Waals surface area contributed by atoms with Crippen LogP contribution in [0.5, 0.6) is 0 Å². The first-order valence-corrected chi connectivity index (χ1v) is 8.84. The molecule has 1 amide bonds. The van der Waals surface area contributed by atoms with E-state index < -0.39 is 0 Å². The number of carbonyl (C=O) groups excluding carboxylic acids is 1. The molecular formula is C19H29N3O. The van der Waals surface area contributed by atoms with Gasteiger partial charge in [0.2, 0.25) is 0 Å². The van der Waals surface area contributed by atoms with Crippen LogP contribution in [0.15, 0.2) is 30.0 Å². The molecule has 1 N–H and O–H groups in total. The normalized spacial score (nSPS) is 14.3. The molecule has 4 nitrogen and oxygen atoms in total. The first-order valence-electron chi connectivity index (χ1n) is 8.84. The zero-order valence-corrected chi connectivity index (χ0v) is 14.5. The molecule has 1 aromatic heterocycles. The number of anilines is 1. The summed E-state index contributed by atoms with van der Waals surface area (Å²) in [4.78, 5) is 18.7. The van der Waals surface area contributed by atoms with Crippen molar-refractivity contribution in [1.82, 2.24) is 10.3 Å². The SMILES string of the molecule is CCCCN(C)c1ccc(C(=O)NCCC2=CCCCC2)cn1. The van der Waals surface area contributed by atoms with Crippen LogP contribution in [0.2, 0.25) is 0 Å². The number of amides is 1. The maximum atomic E-state index is 12.2. The topological polar surface area (TPSA) is 45.2 Å². The Hall–Kier alpha value is -1.84. The van der Waals surface area contributed by atoms with Crippen molar-refractivity contribution in [2.75, 3.05) is 25.0 Å². The highest BCUT2D eigenvalue weighted by atomic mass is 16.1. The maximum absolute atomic E-state index is 12.2. The van der Waals surface area contributed by atoms with E-state index in [0.29, 0.717) is 12.1 Å². The number of hydrogen-bond donors (Lipinski definition) is 1. The van der Waals surface area contributed by atoms with Crippen LogP contribution in [-0.4, -0.2) is 31.0 Å². The van der Waals surface area contributed by atoms with Crippen LogP contribution in [0, 0.1) is 0 Å². The summed E-state index contributed by atoms with van der Waals surface area (Å²) < 4.78 is 0. The molecule has 0 aromatic carbocycles. The van der Waals surface area contributed by atoms with Crippen molar-refractivity contribution in [3.8, 4) is 0 Å². The van der Waals surface area contributed by atoms with Gasteiger partial charge in [0.05, 0.1) is 5.56 Å². The number of rotatable bonds is 8. The van der Waals surface area contributed by atoms with E-state index in [1.165, 1.54) is 37.7 Å². The van der Waals surface area contributed by atoms with Crippen LogP contribution >= 0.6 is 0 Å². The molecule has 1 aliphatic rings. The van der Waals surface area contributed by atoms with Gasteiger partial charge in [-0.1, -0.05) is 25.0 Å². The third-order valence-corrected chi connectivity index (χ3v) is 4.36. The van der Waals surface area contributed by atoms with Crippen molar-refractivity contribution in [1.29, 1.82) is 0 Å². The van der Waals surface area contributed by atoms with Crippen molar-refractivity contribution in [3.63, 3.8) is 0 Å². The molecule has 0 saturated heterocycles. The van der Waals surface area contributed by atoms with Gasteiger partial charge in [0, 0.05) is 26.3 Å². The summed E-state index contributed by atoms with van der Waals surface area (Å²) in [5.41, 5.74) is 2.12. The summed E-state index contributed by atoms with van der Waals surface area (Å²) in [7, 11) is 2.04. The summed E-state index contributed by atoms with van der Waals surface area (Å²) in [6.45, 7) is 3.88. The first-order chi connectivity index (χ1) is 11.2. The number of aromatic nitrogens is 1. The smallest absolute Gasteiger partial charge is 0.252 e. The first kappa shape index (κ1) is 17.5. The maximum Gasteiger partial charge on any atom is 0.252 e. The molecule has 4 heteroatoms. The van der Waals surface area contributed by atoms with Crippen molar-refractivity contribution in [3.05, 3.63) is 35.5 Å². The second-order valence-electron chi connectivity index (χ2n) is 6.29. The molecule has 0 radical (unpaired) electrons. The van der Waals surface area contributed by atoms with E-state index in [2.05, 4.69) is 28.2 Å². The summed E-state index contributed by atoms with van der Waals surface area (Å²) in [6, 6.07) is 3.79. The van der Waals surface area contributed by atoms with Gasteiger partial charge in [0.15, 0.2) is 0 Å². The third-order valence-electron chi connectivity index (χ3n) is 4.36. The molecule has 1 aliphatic carbocycles. The average Bonchev–Trinajstić information content (AvgIpc) is 2.60. The molecule has 0 saturated carbocycles. The number of pyridine rings is 1. The highest BCUT2D eigenvalue weighted by Crippen LogP contribution is 2.19. The van der Waals surface area contributed by atoms with Gasteiger partial charge in [-0.15, -0.1) is 0 Å². The van der Waals surface area contributed by atoms with E-state index in [1.54, 1.807) is 6.20 Å². The van der Waals surface area contributed by atoms with Crippen LogP contribution < -0.4 is 10.2 Å². The Morgan fingerprint density at radius 1 is 1.35 bits per heavy atom. The van der Waals surface area contributed by atoms with Crippen LogP contribution in [0.1, 0.15) is 62.2 Å². The molecule has 126 valence electrons. The van der Waals surface area contributed by atoms with Crippen molar-refractivity contribution in [2.24, 2.45) is 0 Å². The monoisotopic (exact) mass is 315 g/mol. The quantitative estimate of drug-likeness (QED) is 0.739. The Bertz CT molecular complexity index is 522. The summed E-state index contributed by atoms with van der Waals surface area (Å²) >= 11 is 0. The lowest BCUT2D eigenvalue weighted by Gasteiger charge is -2.17. The number of allylic oxidation sites excluding steroid dienone is 1. The molecular weight excluding hydrogens is 286 g/mol. The van der Waals surface area contributed by atoms with E-state index in [4.69, 9.17) is 0 Å². The Morgan fingerprint density at radius 3 is 2.87 bits per heavy atom. The van der Waals surface area contributed by atoms with Crippen LogP contribution in [0.3, 0.4) is 0 Å². The fourth-order valence-electron chi connectivity index (χ4n) is 2.83. The van der Waals surface area contributed by atoms with E-state index >= 15 is 0 Å². The molecule has 0 fully saturated rings. The van der Waals surface area contributed by atoms with Crippen molar-refractivity contribution < 1.29 is 4.79 Å². The van der Waals surface area contributed by atoms with E-state index in [0.717, 1.165) is 25.2 Å². The molecule has 0 bridgehead atoms. The number of unbranched alkanes of at least 4 members (excludes halogenated alkanes) is 1. The van der Waals surface area contributed by atoms with Gasteiger partial charge in [-0.05, 0) is 50.7 Å². The number of carbonyl (C=O) groups is 1. The zero-order valence-electron chi connectivity index (χ0n) is 14.5. The number of nitrogens with one attached hydrogen (secondary N) is 1. The Labute approximate surface area is 140 Å². The average molecular weight is 315 g/mol. The zero-order chi connectivity index (χ0) is 16.5. The van der Waals surface area contributed by atoms with Gasteiger partial charge in [-0.25, -0.2) is 4.98 Å². The predicted octanol–water partition coefficient (Wildman–Crippen LogP) is 3.94. The largest absolute Gasteiger partial charge is 0.360 e. The molecule has 2 rings (SSSR count). The lowest BCUT2D eigenvalue weighted by molar-refractivity contribution is 0.0953. The predicted molar refractivity (Wildman–Crippen MR) is 95.9 cm³/mol. The molecule has 1 heterocycles. The van der Waals surface area contributed by atoms with Crippen LogP contribution in [-0.2, 0) is 0 Å². The Kier molecular flexibility index (Phi) is 7.11. The van der Waals surface area contributed by atoms with E-state index in [-0.39, 0.29) is 5.91 Å². The second-order valence-corrected chi connectivity index (χ2v) is 6.29. The Morgan fingerprint density at radius 2 is 2.22 bits per heavy atom.